The first-order chi connectivity index (χ1) is 9.67. The highest BCUT2D eigenvalue weighted by atomic mass is 19.1. The summed E-state index contributed by atoms with van der Waals surface area (Å²) in [5.74, 6) is 0.434. The van der Waals surface area contributed by atoms with E-state index in [1.54, 1.807) is 12.1 Å². The largest absolute Gasteiger partial charge is 0.330 e. The third-order valence-corrected chi connectivity index (χ3v) is 4.79. The zero-order chi connectivity index (χ0) is 14.5. The van der Waals surface area contributed by atoms with Crippen LogP contribution in [-0.2, 0) is 0 Å². The SMILES string of the molecule is CCN(C(C)c1cccc(F)c1)C1CCCCC1CN. The van der Waals surface area contributed by atoms with Crippen LogP contribution in [0.15, 0.2) is 24.3 Å². The van der Waals surface area contributed by atoms with Crippen LogP contribution >= 0.6 is 0 Å². The van der Waals surface area contributed by atoms with Gasteiger partial charge in [0.25, 0.3) is 0 Å². The number of hydrogen-bond donors (Lipinski definition) is 1. The van der Waals surface area contributed by atoms with Gasteiger partial charge in [-0.15, -0.1) is 0 Å². The number of halogens is 1. The molecule has 0 amide bonds. The molecule has 2 N–H and O–H groups in total. The maximum Gasteiger partial charge on any atom is 0.123 e. The molecule has 1 aromatic carbocycles. The van der Waals surface area contributed by atoms with Crippen molar-refractivity contribution in [2.75, 3.05) is 13.1 Å². The van der Waals surface area contributed by atoms with Crippen LogP contribution in [0.1, 0.15) is 51.1 Å². The number of nitrogens with two attached hydrogens (primary N) is 1. The molecule has 1 aliphatic rings. The lowest BCUT2D eigenvalue weighted by molar-refractivity contribution is 0.0768. The summed E-state index contributed by atoms with van der Waals surface area (Å²) in [4.78, 5) is 2.51. The lowest BCUT2D eigenvalue weighted by Gasteiger charge is -2.42. The van der Waals surface area contributed by atoms with Gasteiger partial charge in [0.1, 0.15) is 5.82 Å². The molecule has 2 nitrogen and oxygen atoms in total. The summed E-state index contributed by atoms with van der Waals surface area (Å²) in [6.07, 6.45) is 5.03. The van der Waals surface area contributed by atoms with Crippen LogP contribution < -0.4 is 5.73 Å². The minimum Gasteiger partial charge on any atom is -0.330 e. The highest BCUT2D eigenvalue weighted by Crippen LogP contribution is 2.33. The van der Waals surface area contributed by atoms with Crippen LogP contribution in [0.25, 0.3) is 0 Å². The molecule has 0 heterocycles. The molecule has 3 atom stereocenters. The van der Waals surface area contributed by atoms with E-state index >= 15 is 0 Å². The first-order valence-electron chi connectivity index (χ1n) is 7.88. The Hall–Kier alpha value is -0.930. The normalized spacial score (nSPS) is 24.9. The topological polar surface area (TPSA) is 29.3 Å². The van der Waals surface area contributed by atoms with E-state index in [0.29, 0.717) is 12.0 Å². The van der Waals surface area contributed by atoms with E-state index in [9.17, 15) is 4.39 Å². The van der Waals surface area contributed by atoms with Crippen LogP contribution in [0.2, 0.25) is 0 Å². The molecule has 0 radical (unpaired) electrons. The fourth-order valence-electron chi connectivity index (χ4n) is 3.65. The maximum absolute atomic E-state index is 13.4. The quantitative estimate of drug-likeness (QED) is 0.889. The lowest BCUT2D eigenvalue weighted by atomic mass is 9.82. The molecular weight excluding hydrogens is 251 g/mol. The lowest BCUT2D eigenvalue weighted by Crippen LogP contribution is -2.46. The van der Waals surface area contributed by atoms with E-state index in [2.05, 4.69) is 18.7 Å². The zero-order valence-electron chi connectivity index (χ0n) is 12.7. The van der Waals surface area contributed by atoms with Crippen LogP contribution in [-0.4, -0.2) is 24.0 Å². The minimum absolute atomic E-state index is 0.149. The Morgan fingerprint density at radius 3 is 2.75 bits per heavy atom. The van der Waals surface area contributed by atoms with Gasteiger partial charge in [-0.25, -0.2) is 4.39 Å². The summed E-state index contributed by atoms with van der Waals surface area (Å²) in [6.45, 7) is 6.12. The predicted octanol–water partition coefficient (Wildman–Crippen LogP) is 3.73. The van der Waals surface area contributed by atoms with Crippen LogP contribution in [0.4, 0.5) is 4.39 Å². The zero-order valence-corrected chi connectivity index (χ0v) is 12.7. The minimum atomic E-state index is -0.149. The second-order valence-electron chi connectivity index (χ2n) is 5.91. The van der Waals surface area contributed by atoms with Crippen molar-refractivity contribution < 1.29 is 4.39 Å². The number of nitrogens with zero attached hydrogens (tertiary/aromatic N) is 1. The number of benzene rings is 1. The first kappa shape index (κ1) is 15.5. The molecule has 0 bridgehead atoms. The van der Waals surface area contributed by atoms with Crippen molar-refractivity contribution in [1.29, 1.82) is 0 Å². The average molecular weight is 278 g/mol. The van der Waals surface area contributed by atoms with Gasteiger partial charge in [-0.1, -0.05) is 31.9 Å². The van der Waals surface area contributed by atoms with Crippen molar-refractivity contribution in [3.63, 3.8) is 0 Å². The van der Waals surface area contributed by atoms with Gasteiger partial charge in [0.05, 0.1) is 0 Å². The van der Waals surface area contributed by atoms with Gasteiger partial charge in [-0.2, -0.15) is 0 Å². The number of hydrogen-bond acceptors (Lipinski definition) is 2. The Labute approximate surface area is 122 Å². The van der Waals surface area contributed by atoms with E-state index in [0.717, 1.165) is 18.7 Å². The molecule has 1 saturated carbocycles. The van der Waals surface area contributed by atoms with Gasteiger partial charge in [0.2, 0.25) is 0 Å². The summed E-state index contributed by atoms with van der Waals surface area (Å²) in [5, 5.41) is 0. The fourth-order valence-corrected chi connectivity index (χ4v) is 3.65. The molecular formula is C17H27FN2. The van der Waals surface area contributed by atoms with Crippen molar-refractivity contribution in [3.05, 3.63) is 35.6 Å². The molecule has 3 unspecified atom stereocenters. The maximum atomic E-state index is 13.4. The third kappa shape index (κ3) is 3.39. The molecule has 0 saturated heterocycles. The van der Waals surface area contributed by atoms with Crippen molar-refractivity contribution in [1.82, 2.24) is 4.90 Å². The van der Waals surface area contributed by atoms with Crippen molar-refractivity contribution in [2.24, 2.45) is 11.7 Å². The van der Waals surface area contributed by atoms with Crippen molar-refractivity contribution >= 4 is 0 Å². The Morgan fingerprint density at radius 1 is 1.35 bits per heavy atom. The average Bonchev–Trinajstić information content (AvgIpc) is 2.48. The van der Waals surface area contributed by atoms with Crippen molar-refractivity contribution in [2.45, 2.75) is 51.6 Å². The van der Waals surface area contributed by atoms with Gasteiger partial charge in [-0.05, 0) is 56.5 Å². The highest BCUT2D eigenvalue weighted by molar-refractivity contribution is 5.20. The molecule has 0 spiro atoms. The molecule has 20 heavy (non-hydrogen) atoms. The molecule has 2 rings (SSSR count). The van der Waals surface area contributed by atoms with Crippen molar-refractivity contribution in [3.8, 4) is 0 Å². The molecule has 0 aromatic heterocycles. The first-order valence-corrected chi connectivity index (χ1v) is 7.88. The van der Waals surface area contributed by atoms with E-state index < -0.39 is 0 Å². The van der Waals surface area contributed by atoms with E-state index in [1.165, 1.54) is 31.7 Å². The molecule has 112 valence electrons. The predicted molar refractivity (Wildman–Crippen MR) is 82.0 cm³/mol. The van der Waals surface area contributed by atoms with Gasteiger partial charge in [0.15, 0.2) is 0 Å². The van der Waals surface area contributed by atoms with Gasteiger partial charge < -0.3 is 5.73 Å². The standard InChI is InChI=1S/C17H27FN2/c1-3-20(17-10-5-4-7-15(17)12-19)13(2)14-8-6-9-16(18)11-14/h6,8-9,11,13,15,17H,3-5,7,10,12,19H2,1-2H3. The summed E-state index contributed by atoms with van der Waals surface area (Å²) < 4.78 is 13.4. The van der Waals surface area contributed by atoms with Gasteiger partial charge in [0, 0.05) is 12.1 Å². The van der Waals surface area contributed by atoms with E-state index in [-0.39, 0.29) is 11.9 Å². The summed E-state index contributed by atoms with van der Waals surface area (Å²) in [6, 6.07) is 7.78. The van der Waals surface area contributed by atoms with Crippen LogP contribution in [0.5, 0.6) is 0 Å². The Balaban J connectivity index is 2.17. The second kappa shape index (κ2) is 7.19. The molecule has 1 aromatic rings. The van der Waals surface area contributed by atoms with Gasteiger partial charge in [-0.3, -0.25) is 4.90 Å². The second-order valence-corrected chi connectivity index (χ2v) is 5.91. The molecule has 0 aliphatic heterocycles. The fraction of sp³-hybridized carbons (Fsp3) is 0.647. The summed E-state index contributed by atoms with van der Waals surface area (Å²) in [7, 11) is 0. The summed E-state index contributed by atoms with van der Waals surface area (Å²) >= 11 is 0. The van der Waals surface area contributed by atoms with Crippen LogP contribution in [0.3, 0.4) is 0 Å². The Morgan fingerprint density at radius 2 is 2.10 bits per heavy atom. The van der Waals surface area contributed by atoms with Crippen LogP contribution in [0, 0.1) is 11.7 Å². The third-order valence-electron chi connectivity index (χ3n) is 4.79. The smallest absolute Gasteiger partial charge is 0.123 e. The molecule has 1 fully saturated rings. The monoisotopic (exact) mass is 278 g/mol. The Kier molecular flexibility index (Phi) is 5.55. The molecule has 3 heteroatoms. The highest BCUT2D eigenvalue weighted by Gasteiger charge is 2.31. The van der Waals surface area contributed by atoms with E-state index in [4.69, 9.17) is 5.73 Å². The Bertz CT molecular complexity index is 421. The van der Waals surface area contributed by atoms with Gasteiger partial charge >= 0.3 is 0 Å². The number of rotatable bonds is 5. The molecule has 1 aliphatic carbocycles. The van der Waals surface area contributed by atoms with E-state index in [1.807, 2.05) is 6.07 Å². The summed E-state index contributed by atoms with van der Waals surface area (Å²) in [5.41, 5.74) is 7.03.